The molecule has 0 atom stereocenters. The smallest absolute Gasteiger partial charge is 0.350 e. The van der Waals surface area contributed by atoms with Crippen molar-refractivity contribution in [3.8, 4) is 0 Å². The number of nitrogens with zero attached hydrogens (tertiary/aromatic N) is 1. The van der Waals surface area contributed by atoms with Crippen LogP contribution in [0.1, 0.15) is 20.9 Å². The molecule has 1 aromatic carbocycles. The lowest BCUT2D eigenvalue weighted by molar-refractivity contribution is 0.0605. The number of aryl methyl sites for hydroxylation is 1. The molecule has 0 bridgehead atoms. The van der Waals surface area contributed by atoms with Crippen LogP contribution in [0.3, 0.4) is 0 Å². The van der Waals surface area contributed by atoms with Crippen LogP contribution in [0.5, 0.6) is 0 Å². The van der Waals surface area contributed by atoms with Crippen molar-refractivity contribution in [1.82, 2.24) is 4.98 Å². The zero-order valence-electron chi connectivity index (χ0n) is 10.8. The van der Waals surface area contributed by atoms with Crippen LogP contribution in [0, 0.1) is 19.7 Å². The van der Waals surface area contributed by atoms with E-state index in [0.717, 1.165) is 0 Å². The number of hydrogen-bond donors (Lipinski definition) is 1. The van der Waals surface area contributed by atoms with Gasteiger partial charge in [0.25, 0.3) is 0 Å². The maximum absolute atomic E-state index is 13.4. The van der Waals surface area contributed by atoms with Gasteiger partial charge in [0.2, 0.25) is 0 Å². The summed E-state index contributed by atoms with van der Waals surface area (Å²) in [7, 11) is 1.32. The number of rotatable bonds is 3. The number of thiazole rings is 1. The van der Waals surface area contributed by atoms with Gasteiger partial charge in [-0.15, -0.1) is 0 Å². The number of hydrogen-bond acceptors (Lipinski definition) is 5. The van der Waals surface area contributed by atoms with Crippen LogP contribution in [-0.2, 0) is 4.74 Å². The molecule has 0 fully saturated rings. The third-order valence-electron chi connectivity index (χ3n) is 2.68. The Bertz CT molecular complexity index is 625. The fourth-order valence-electron chi connectivity index (χ4n) is 1.59. The van der Waals surface area contributed by atoms with Crippen LogP contribution in [0.4, 0.5) is 15.2 Å². The zero-order valence-corrected chi connectivity index (χ0v) is 11.6. The van der Waals surface area contributed by atoms with Gasteiger partial charge < -0.3 is 10.1 Å². The highest BCUT2D eigenvalue weighted by atomic mass is 32.1. The van der Waals surface area contributed by atoms with Gasteiger partial charge in [0.1, 0.15) is 10.7 Å². The van der Waals surface area contributed by atoms with Crippen molar-refractivity contribution in [2.24, 2.45) is 0 Å². The summed E-state index contributed by atoms with van der Waals surface area (Å²) in [5.41, 5.74) is 1.73. The minimum absolute atomic E-state index is 0.286. The summed E-state index contributed by atoms with van der Waals surface area (Å²) in [6.45, 7) is 3.41. The maximum atomic E-state index is 13.4. The predicted molar refractivity (Wildman–Crippen MR) is 72.6 cm³/mol. The Morgan fingerprint density at radius 1 is 1.42 bits per heavy atom. The number of carbonyl (C=O) groups excluding carboxylic acids is 1. The fourth-order valence-corrected chi connectivity index (χ4v) is 2.49. The van der Waals surface area contributed by atoms with Gasteiger partial charge in [-0.2, -0.15) is 0 Å². The van der Waals surface area contributed by atoms with Gasteiger partial charge in [-0.25, -0.2) is 14.2 Å². The van der Waals surface area contributed by atoms with E-state index in [9.17, 15) is 9.18 Å². The lowest BCUT2D eigenvalue weighted by atomic mass is 10.2. The van der Waals surface area contributed by atoms with E-state index in [4.69, 9.17) is 0 Å². The molecule has 0 unspecified atom stereocenters. The van der Waals surface area contributed by atoms with E-state index in [1.165, 1.54) is 24.5 Å². The van der Waals surface area contributed by atoms with Gasteiger partial charge >= 0.3 is 5.97 Å². The summed E-state index contributed by atoms with van der Waals surface area (Å²) in [5.74, 6) is -0.703. The Morgan fingerprint density at radius 3 is 2.84 bits per heavy atom. The molecule has 4 nitrogen and oxygen atoms in total. The average Bonchev–Trinajstić information content (AvgIpc) is 2.75. The van der Waals surface area contributed by atoms with Crippen molar-refractivity contribution >= 4 is 28.1 Å². The molecule has 1 N–H and O–H groups in total. The number of esters is 1. The standard InChI is InChI=1S/C13H13FN2O2S/c1-7-9(14)5-4-6-10(7)16-13-15-8(2)11(19-13)12(17)18-3/h4-6H,1-3H3,(H,15,16). The molecule has 2 aromatic rings. The lowest BCUT2D eigenvalue weighted by Crippen LogP contribution is -1.99. The van der Waals surface area contributed by atoms with Crippen LogP contribution in [-0.4, -0.2) is 18.1 Å². The van der Waals surface area contributed by atoms with Gasteiger partial charge in [0, 0.05) is 11.3 Å². The summed E-state index contributed by atoms with van der Waals surface area (Å²) >= 11 is 1.18. The Hall–Kier alpha value is -1.95. The molecule has 0 saturated carbocycles. The molecule has 0 aliphatic rings. The van der Waals surface area contributed by atoms with Gasteiger partial charge in [-0.05, 0) is 26.0 Å². The second-order valence-electron chi connectivity index (χ2n) is 3.96. The van der Waals surface area contributed by atoms with Gasteiger partial charge in [-0.3, -0.25) is 0 Å². The molecule has 1 aromatic heterocycles. The molecule has 6 heteroatoms. The van der Waals surface area contributed by atoms with Crippen molar-refractivity contribution in [3.63, 3.8) is 0 Å². The molecule has 1 heterocycles. The number of carbonyl (C=O) groups is 1. The molecule has 2 rings (SSSR count). The number of nitrogens with one attached hydrogen (secondary N) is 1. The normalized spacial score (nSPS) is 10.3. The monoisotopic (exact) mass is 280 g/mol. The summed E-state index contributed by atoms with van der Waals surface area (Å²) in [6, 6.07) is 4.77. The van der Waals surface area contributed by atoms with Gasteiger partial charge in [0.15, 0.2) is 5.13 Å². The molecule has 0 aliphatic heterocycles. The molecule has 0 spiro atoms. The number of benzene rings is 1. The Labute approximate surface area is 114 Å². The van der Waals surface area contributed by atoms with E-state index >= 15 is 0 Å². The second kappa shape index (κ2) is 5.36. The van der Waals surface area contributed by atoms with Gasteiger partial charge in [-0.1, -0.05) is 17.4 Å². The number of aromatic nitrogens is 1. The molecule has 19 heavy (non-hydrogen) atoms. The van der Waals surface area contributed by atoms with Crippen LogP contribution in [0.2, 0.25) is 0 Å². The molecular weight excluding hydrogens is 267 g/mol. The molecule has 0 amide bonds. The van der Waals surface area contributed by atoms with Crippen LogP contribution >= 0.6 is 11.3 Å². The number of halogens is 1. The third-order valence-corrected chi connectivity index (χ3v) is 3.73. The van der Waals surface area contributed by atoms with Crippen molar-refractivity contribution in [2.45, 2.75) is 13.8 Å². The first-order chi connectivity index (χ1) is 9.02. The van der Waals surface area contributed by atoms with Gasteiger partial charge in [0.05, 0.1) is 12.8 Å². The Morgan fingerprint density at radius 2 is 2.16 bits per heavy atom. The Balaban J connectivity index is 2.29. The third kappa shape index (κ3) is 2.73. The van der Waals surface area contributed by atoms with E-state index in [-0.39, 0.29) is 5.82 Å². The molecule has 0 radical (unpaired) electrons. The minimum atomic E-state index is -0.418. The highest BCUT2D eigenvalue weighted by molar-refractivity contribution is 7.17. The SMILES string of the molecule is COC(=O)c1sc(Nc2cccc(F)c2C)nc1C. The topological polar surface area (TPSA) is 51.2 Å². The second-order valence-corrected chi connectivity index (χ2v) is 4.96. The number of ether oxygens (including phenoxy) is 1. The Kier molecular flexibility index (Phi) is 3.80. The number of anilines is 2. The minimum Gasteiger partial charge on any atom is -0.465 e. The highest BCUT2D eigenvalue weighted by Crippen LogP contribution is 2.28. The largest absolute Gasteiger partial charge is 0.465 e. The zero-order chi connectivity index (χ0) is 14.0. The fraction of sp³-hybridized carbons (Fsp3) is 0.231. The van der Waals surface area contributed by atoms with Crippen molar-refractivity contribution in [3.05, 3.63) is 40.2 Å². The van der Waals surface area contributed by atoms with Crippen LogP contribution < -0.4 is 5.32 Å². The number of methoxy groups -OCH3 is 1. The predicted octanol–water partition coefficient (Wildman–Crippen LogP) is 3.43. The first-order valence-electron chi connectivity index (χ1n) is 5.60. The highest BCUT2D eigenvalue weighted by Gasteiger charge is 2.16. The molecular formula is C13H13FN2O2S. The van der Waals surface area contributed by atoms with Crippen molar-refractivity contribution in [1.29, 1.82) is 0 Å². The summed E-state index contributed by atoms with van der Waals surface area (Å²) in [6.07, 6.45) is 0. The summed E-state index contributed by atoms with van der Waals surface area (Å²) in [5, 5.41) is 3.55. The van der Waals surface area contributed by atoms with E-state index in [2.05, 4.69) is 15.0 Å². The van der Waals surface area contributed by atoms with E-state index in [1.54, 1.807) is 26.0 Å². The summed E-state index contributed by atoms with van der Waals surface area (Å²) < 4.78 is 18.1. The quantitative estimate of drug-likeness (QED) is 0.875. The van der Waals surface area contributed by atoms with Crippen molar-refractivity contribution in [2.75, 3.05) is 12.4 Å². The maximum Gasteiger partial charge on any atom is 0.350 e. The van der Waals surface area contributed by atoms with E-state index in [0.29, 0.717) is 27.0 Å². The summed E-state index contributed by atoms with van der Waals surface area (Å²) in [4.78, 5) is 16.2. The van der Waals surface area contributed by atoms with Crippen molar-refractivity contribution < 1.29 is 13.9 Å². The average molecular weight is 280 g/mol. The van der Waals surface area contributed by atoms with Crippen LogP contribution in [0.25, 0.3) is 0 Å². The van der Waals surface area contributed by atoms with E-state index in [1.807, 2.05) is 0 Å². The molecule has 0 saturated heterocycles. The first-order valence-corrected chi connectivity index (χ1v) is 6.42. The van der Waals surface area contributed by atoms with E-state index < -0.39 is 5.97 Å². The van der Waals surface area contributed by atoms with Crippen LogP contribution in [0.15, 0.2) is 18.2 Å². The first kappa shape index (κ1) is 13.5. The lowest BCUT2D eigenvalue weighted by Gasteiger charge is -2.06. The molecule has 100 valence electrons. The molecule has 0 aliphatic carbocycles.